The molecule has 1 aromatic carbocycles. The number of fused-ring (bicyclic) bond motifs is 1. The molecule has 0 fully saturated rings. The minimum atomic E-state index is 1.06. The van der Waals surface area contributed by atoms with Crippen LogP contribution in [-0.2, 0) is 7.05 Å². The van der Waals surface area contributed by atoms with E-state index in [9.17, 15) is 0 Å². The molecule has 4 heteroatoms. The summed E-state index contributed by atoms with van der Waals surface area (Å²) in [6.07, 6.45) is 5.22. The van der Waals surface area contributed by atoms with E-state index < -0.39 is 0 Å². The highest BCUT2D eigenvalue weighted by molar-refractivity contribution is 5.77. The Morgan fingerprint density at radius 2 is 1.81 bits per heavy atom. The smallest absolute Gasteiger partial charge is 0.0701 e. The average Bonchev–Trinajstić information content (AvgIpc) is 2.81. The molecular weight excluding hydrogens is 200 g/mol. The summed E-state index contributed by atoms with van der Waals surface area (Å²) in [5.41, 5.74) is 1.06. The SMILES string of the molecule is Cn1ccnn1.c1ccc2ncccc2c1. The molecule has 3 aromatic rings. The summed E-state index contributed by atoms with van der Waals surface area (Å²) in [6, 6.07) is 12.1. The number of hydrogen-bond donors (Lipinski definition) is 0. The Morgan fingerprint density at radius 1 is 1.00 bits per heavy atom. The van der Waals surface area contributed by atoms with Crippen molar-refractivity contribution in [3.8, 4) is 0 Å². The number of benzene rings is 1. The lowest BCUT2D eigenvalue weighted by molar-refractivity contribution is 0.715. The summed E-state index contributed by atoms with van der Waals surface area (Å²) in [5, 5.41) is 8.32. The van der Waals surface area contributed by atoms with Gasteiger partial charge in [-0.05, 0) is 12.1 Å². The third kappa shape index (κ3) is 2.63. The summed E-state index contributed by atoms with van der Waals surface area (Å²) >= 11 is 0. The van der Waals surface area contributed by atoms with Gasteiger partial charge >= 0.3 is 0 Å². The van der Waals surface area contributed by atoms with Gasteiger partial charge in [0.25, 0.3) is 0 Å². The van der Waals surface area contributed by atoms with Crippen molar-refractivity contribution in [2.75, 3.05) is 0 Å². The molecular formula is C12H12N4. The van der Waals surface area contributed by atoms with E-state index in [0.717, 1.165) is 5.52 Å². The van der Waals surface area contributed by atoms with Crippen molar-refractivity contribution in [2.45, 2.75) is 0 Å². The van der Waals surface area contributed by atoms with E-state index in [4.69, 9.17) is 0 Å². The van der Waals surface area contributed by atoms with E-state index in [0.29, 0.717) is 0 Å². The highest BCUT2D eigenvalue weighted by Gasteiger charge is 1.86. The maximum Gasteiger partial charge on any atom is 0.0701 e. The van der Waals surface area contributed by atoms with Crippen LogP contribution >= 0.6 is 0 Å². The van der Waals surface area contributed by atoms with E-state index in [1.165, 1.54) is 5.39 Å². The van der Waals surface area contributed by atoms with Gasteiger partial charge in [-0.25, -0.2) is 0 Å². The molecule has 80 valence electrons. The van der Waals surface area contributed by atoms with E-state index in [1.54, 1.807) is 17.1 Å². The van der Waals surface area contributed by atoms with Crippen molar-refractivity contribution in [3.63, 3.8) is 0 Å². The molecule has 3 rings (SSSR count). The predicted molar refractivity (Wildman–Crippen MR) is 62.7 cm³/mol. The lowest BCUT2D eigenvalue weighted by Crippen LogP contribution is -1.85. The van der Waals surface area contributed by atoms with Gasteiger partial charge < -0.3 is 0 Å². The molecule has 16 heavy (non-hydrogen) atoms. The molecule has 0 aliphatic heterocycles. The van der Waals surface area contributed by atoms with Crippen molar-refractivity contribution >= 4 is 10.9 Å². The number of aryl methyl sites for hydroxylation is 1. The lowest BCUT2D eigenvalue weighted by Gasteiger charge is -1.91. The zero-order chi connectivity index (χ0) is 11.2. The first kappa shape index (κ1) is 10.3. The molecule has 0 saturated heterocycles. The fourth-order valence-electron chi connectivity index (χ4n) is 1.28. The molecule has 2 heterocycles. The van der Waals surface area contributed by atoms with Crippen molar-refractivity contribution < 1.29 is 0 Å². The molecule has 0 unspecified atom stereocenters. The first-order valence-corrected chi connectivity index (χ1v) is 4.96. The van der Waals surface area contributed by atoms with Gasteiger partial charge in [0.2, 0.25) is 0 Å². The Bertz CT molecular complexity index is 480. The fourth-order valence-corrected chi connectivity index (χ4v) is 1.28. The van der Waals surface area contributed by atoms with E-state index in [-0.39, 0.29) is 0 Å². The first-order chi connectivity index (χ1) is 7.86. The summed E-state index contributed by atoms with van der Waals surface area (Å²) in [6.45, 7) is 0. The van der Waals surface area contributed by atoms with Crippen LogP contribution in [0.1, 0.15) is 0 Å². The van der Waals surface area contributed by atoms with Crippen LogP contribution in [-0.4, -0.2) is 20.0 Å². The van der Waals surface area contributed by atoms with Gasteiger partial charge in [-0.15, -0.1) is 5.10 Å². The largest absolute Gasteiger partial charge is 0.256 e. The fraction of sp³-hybridized carbons (Fsp3) is 0.0833. The van der Waals surface area contributed by atoms with Crippen LogP contribution in [0.5, 0.6) is 0 Å². The third-order valence-electron chi connectivity index (χ3n) is 2.05. The lowest BCUT2D eigenvalue weighted by atomic mass is 10.2. The van der Waals surface area contributed by atoms with Gasteiger partial charge in [0, 0.05) is 24.8 Å². The second-order valence-electron chi connectivity index (χ2n) is 3.27. The second kappa shape index (κ2) is 5.02. The first-order valence-electron chi connectivity index (χ1n) is 4.96. The molecule has 0 aliphatic carbocycles. The highest BCUT2D eigenvalue weighted by atomic mass is 15.4. The highest BCUT2D eigenvalue weighted by Crippen LogP contribution is 2.07. The standard InChI is InChI=1S/C9H7N.C3H5N3/c1-2-6-9-8(4-1)5-3-7-10-9;1-6-3-2-4-5-6/h1-7H;2-3H,1H3. The Kier molecular flexibility index (Phi) is 3.23. The number of pyridine rings is 1. The van der Waals surface area contributed by atoms with E-state index in [1.807, 2.05) is 37.5 Å². The average molecular weight is 212 g/mol. The number of hydrogen-bond acceptors (Lipinski definition) is 3. The van der Waals surface area contributed by atoms with Crippen LogP contribution in [0.3, 0.4) is 0 Å². The molecule has 0 aliphatic rings. The van der Waals surface area contributed by atoms with Crippen LogP contribution in [0.2, 0.25) is 0 Å². The molecule has 4 nitrogen and oxygen atoms in total. The van der Waals surface area contributed by atoms with Crippen molar-refractivity contribution in [1.29, 1.82) is 0 Å². The number of rotatable bonds is 0. The van der Waals surface area contributed by atoms with Crippen LogP contribution in [0.15, 0.2) is 55.0 Å². The monoisotopic (exact) mass is 212 g/mol. The second-order valence-corrected chi connectivity index (χ2v) is 3.27. The number of para-hydroxylation sites is 1. The molecule has 0 saturated carbocycles. The molecule has 2 aromatic heterocycles. The molecule has 0 spiro atoms. The number of nitrogens with zero attached hydrogens (tertiary/aromatic N) is 4. The molecule has 0 atom stereocenters. The van der Waals surface area contributed by atoms with Gasteiger partial charge in [-0.2, -0.15) is 0 Å². The van der Waals surface area contributed by atoms with Crippen LogP contribution in [0.4, 0.5) is 0 Å². The summed E-state index contributed by atoms with van der Waals surface area (Å²) in [4.78, 5) is 4.18. The molecule has 0 N–H and O–H groups in total. The topological polar surface area (TPSA) is 43.6 Å². The maximum absolute atomic E-state index is 4.18. The van der Waals surface area contributed by atoms with Gasteiger partial charge in [0.15, 0.2) is 0 Å². The van der Waals surface area contributed by atoms with Crippen molar-refractivity contribution in [1.82, 2.24) is 20.0 Å². The summed E-state index contributed by atoms with van der Waals surface area (Å²) < 4.78 is 1.64. The Morgan fingerprint density at radius 3 is 2.44 bits per heavy atom. The van der Waals surface area contributed by atoms with Crippen LogP contribution < -0.4 is 0 Å². The van der Waals surface area contributed by atoms with Gasteiger partial charge in [-0.3, -0.25) is 9.67 Å². The van der Waals surface area contributed by atoms with Crippen LogP contribution in [0.25, 0.3) is 10.9 Å². The van der Waals surface area contributed by atoms with E-state index in [2.05, 4.69) is 27.4 Å². The predicted octanol–water partition coefficient (Wildman–Crippen LogP) is 2.05. The normalized spacial score (nSPS) is 9.56. The third-order valence-corrected chi connectivity index (χ3v) is 2.05. The van der Waals surface area contributed by atoms with Crippen LogP contribution in [0, 0.1) is 0 Å². The molecule has 0 amide bonds. The van der Waals surface area contributed by atoms with Gasteiger partial charge in [0.05, 0.1) is 11.7 Å². The Balaban J connectivity index is 0.000000138. The van der Waals surface area contributed by atoms with Gasteiger partial charge in [0.1, 0.15) is 0 Å². The summed E-state index contributed by atoms with van der Waals surface area (Å²) in [5.74, 6) is 0. The molecule has 0 radical (unpaired) electrons. The quantitative estimate of drug-likeness (QED) is 0.572. The van der Waals surface area contributed by atoms with E-state index >= 15 is 0 Å². The zero-order valence-electron chi connectivity index (χ0n) is 8.99. The Labute approximate surface area is 93.6 Å². The maximum atomic E-state index is 4.18. The minimum absolute atomic E-state index is 1.06. The minimum Gasteiger partial charge on any atom is -0.256 e. The number of aromatic nitrogens is 4. The van der Waals surface area contributed by atoms with Gasteiger partial charge in [-0.1, -0.05) is 29.5 Å². The van der Waals surface area contributed by atoms with Crippen molar-refractivity contribution in [3.05, 3.63) is 55.0 Å². The zero-order valence-corrected chi connectivity index (χ0v) is 8.99. The summed E-state index contributed by atoms with van der Waals surface area (Å²) in [7, 11) is 1.83. The Hall–Kier alpha value is -2.23. The van der Waals surface area contributed by atoms with Crippen molar-refractivity contribution in [2.24, 2.45) is 7.05 Å². The molecule has 0 bridgehead atoms.